The van der Waals surface area contributed by atoms with E-state index in [4.69, 9.17) is 16.3 Å². The molecule has 1 fully saturated rings. The second kappa shape index (κ2) is 6.58. The van der Waals surface area contributed by atoms with E-state index in [1.54, 1.807) is 18.2 Å². The first-order valence-electron chi connectivity index (χ1n) is 6.33. The first-order chi connectivity index (χ1) is 9.60. The van der Waals surface area contributed by atoms with E-state index in [1.165, 1.54) is 0 Å². The van der Waals surface area contributed by atoms with Crippen molar-refractivity contribution in [1.82, 2.24) is 10.6 Å². The van der Waals surface area contributed by atoms with E-state index < -0.39 is 6.04 Å². The van der Waals surface area contributed by atoms with E-state index in [2.05, 4.69) is 16.0 Å². The number of benzene rings is 1. The lowest BCUT2D eigenvalue weighted by molar-refractivity contribution is -0.124. The van der Waals surface area contributed by atoms with Crippen molar-refractivity contribution in [2.24, 2.45) is 0 Å². The third-order valence-corrected chi connectivity index (χ3v) is 3.12. The van der Waals surface area contributed by atoms with E-state index in [0.29, 0.717) is 23.1 Å². The number of amides is 2. The topological polar surface area (TPSA) is 79.5 Å². The van der Waals surface area contributed by atoms with Crippen molar-refractivity contribution in [2.75, 3.05) is 25.0 Å². The van der Waals surface area contributed by atoms with Gasteiger partial charge in [-0.3, -0.25) is 14.9 Å². The van der Waals surface area contributed by atoms with Crippen molar-refractivity contribution < 1.29 is 14.3 Å². The first-order valence-corrected chi connectivity index (χ1v) is 6.71. The minimum Gasteiger partial charge on any atom is -0.492 e. The molecule has 0 saturated carbocycles. The lowest BCUT2D eigenvalue weighted by Crippen LogP contribution is -2.56. The smallest absolute Gasteiger partial charge is 0.243 e. The van der Waals surface area contributed by atoms with Crippen LogP contribution in [-0.2, 0) is 9.59 Å². The van der Waals surface area contributed by atoms with Gasteiger partial charge in [-0.05, 0) is 25.1 Å². The Labute approximate surface area is 121 Å². The number of hydrogen-bond donors (Lipinski definition) is 3. The second-order valence-corrected chi connectivity index (χ2v) is 4.71. The highest BCUT2D eigenvalue weighted by atomic mass is 35.5. The summed E-state index contributed by atoms with van der Waals surface area (Å²) in [6, 6.07) is 4.61. The monoisotopic (exact) mass is 297 g/mol. The zero-order valence-corrected chi connectivity index (χ0v) is 11.8. The zero-order valence-electron chi connectivity index (χ0n) is 11.0. The van der Waals surface area contributed by atoms with Crippen molar-refractivity contribution in [3.63, 3.8) is 0 Å². The molecule has 1 aromatic rings. The summed E-state index contributed by atoms with van der Waals surface area (Å²) >= 11 is 6.05. The van der Waals surface area contributed by atoms with E-state index in [1.807, 2.05) is 6.92 Å². The summed E-state index contributed by atoms with van der Waals surface area (Å²) in [7, 11) is 0. The Bertz CT molecular complexity index is 512. The van der Waals surface area contributed by atoms with Gasteiger partial charge in [0, 0.05) is 12.2 Å². The van der Waals surface area contributed by atoms with Crippen LogP contribution in [0.25, 0.3) is 0 Å². The van der Waals surface area contributed by atoms with Gasteiger partial charge in [0.2, 0.25) is 11.8 Å². The first kappa shape index (κ1) is 14.6. The highest BCUT2D eigenvalue weighted by molar-refractivity contribution is 6.32. The van der Waals surface area contributed by atoms with Crippen molar-refractivity contribution in [1.29, 1.82) is 0 Å². The van der Waals surface area contributed by atoms with Crippen molar-refractivity contribution >= 4 is 29.1 Å². The number of halogens is 1. The predicted octanol–water partition coefficient (Wildman–Crippen LogP) is 0.765. The van der Waals surface area contributed by atoms with Gasteiger partial charge in [-0.25, -0.2) is 0 Å². The molecular weight excluding hydrogens is 282 g/mol. The van der Waals surface area contributed by atoms with Crippen LogP contribution in [0.5, 0.6) is 5.75 Å². The summed E-state index contributed by atoms with van der Waals surface area (Å²) in [6.45, 7) is 2.81. The standard InChI is InChI=1S/C13H16ClN3O3/c1-2-20-11-4-3-8(5-9(11)14)17-13(19)10-6-16-12(18)7-15-10/h3-5,10,15H,2,6-7H2,1H3,(H,16,18)(H,17,19). The fourth-order valence-corrected chi connectivity index (χ4v) is 2.07. The Kier molecular flexibility index (Phi) is 4.81. The molecule has 1 aliphatic heterocycles. The van der Waals surface area contributed by atoms with Crippen LogP contribution in [0.2, 0.25) is 5.02 Å². The minimum absolute atomic E-state index is 0.113. The maximum atomic E-state index is 12.0. The molecule has 20 heavy (non-hydrogen) atoms. The Morgan fingerprint density at radius 3 is 2.95 bits per heavy atom. The highest BCUT2D eigenvalue weighted by Gasteiger charge is 2.23. The molecule has 0 radical (unpaired) electrons. The van der Waals surface area contributed by atoms with Crippen LogP contribution in [0, 0.1) is 0 Å². The maximum Gasteiger partial charge on any atom is 0.243 e. The average molecular weight is 298 g/mol. The predicted molar refractivity (Wildman–Crippen MR) is 76.1 cm³/mol. The quantitative estimate of drug-likeness (QED) is 0.767. The van der Waals surface area contributed by atoms with Gasteiger partial charge in [0.15, 0.2) is 0 Å². The normalized spacial score (nSPS) is 18.3. The van der Waals surface area contributed by atoms with E-state index in [0.717, 1.165) is 0 Å². The number of anilines is 1. The van der Waals surface area contributed by atoms with Crippen LogP contribution >= 0.6 is 11.6 Å². The largest absolute Gasteiger partial charge is 0.492 e. The molecule has 1 saturated heterocycles. The molecule has 3 N–H and O–H groups in total. The minimum atomic E-state index is -0.446. The molecule has 2 rings (SSSR count). The molecule has 1 aromatic carbocycles. The van der Waals surface area contributed by atoms with Crippen LogP contribution in [-0.4, -0.2) is 37.6 Å². The van der Waals surface area contributed by atoms with Gasteiger partial charge in [-0.15, -0.1) is 0 Å². The van der Waals surface area contributed by atoms with Crippen LogP contribution in [0.1, 0.15) is 6.92 Å². The summed E-state index contributed by atoms with van der Waals surface area (Å²) in [5.41, 5.74) is 0.585. The summed E-state index contributed by atoms with van der Waals surface area (Å²) in [4.78, 5) is 23.0. The summed E-state index contributed by atoms with van der Waals surface area (Å²) in [5.74, 6) is 0.249. The number of piperazine rings is 1. The zero-order chi connectivity index (χ0) is 14.5. The SMILES string of the molecule is CCOc1ccc(NC(=O)C2CNC(=O)CN2)cc1Cl. The molecule has 7 heteroatoms. The molecule has 1 aliphatic rings. The van der Waals surface area contributed by atoms with Gasteiger partial charge in [-0.1, -0.05) is 11.6 Å². The fraction of sp³-hybridized carbons (Fsp3) is 0.385. The van der Waals surface area contributed by atoms with Crippen LogP contribution in [0.3, 0.4) is 0 Å². The number of carbonyl (C=O) groups is 2. The number of nitrogens with one attached hydrogen (secondary N) is 3. The summed E-state index contributed by atoms with van der Waals surface area (Å²) in [5, 5.41) is 8.66. The number of carbonyl (C=O) groups excluding carboxylic acids is 2. The average Bonchev–Trinajstić information content (AvgIpc) is 2.42. The molecule has 0 aromatic heterocycles. The van der Waals surface area contributed by atoms with Gasteiger partial charge >= 0.3 is 0 Å². The number of hydrogen-bond acceptors (Lipinski definition) is 4. The summed E-state index contributed by atoms with van der Waals surface area (Å²) in [6.07, 6.45) is 0. The molecular formula is C13H16ClN3O3. The van der Waals surface area contributed by atoms with Gasteiger partial charge in [0.1, 0.15) is 11.8 Å². The molecule has 0 bridgehead atoms. The van der Waals surface area contributed by atoms with Crippen molar-refractivity contribution in [2.45, 2.75) is 13.0 Å². The Balaban J connectivity index is 1.97. The van der Waals surface area contributed by atoms with Crippen molar-refractivity contribution in [3.05, 3.63) is 23.2 Å². The molecule has 108 valence electrons. The number of ether oxygens (including phenoxy) is 1. The van der Waals surface area contributed by atoms with E-state index >= 15 is 0 Å². The molecule has 0 aliphatic carbocycles. The fourth-order valence-electron chi connectivity index (χ4n) is 1.83. The van der Waals surface area contributed by atoms with Gasteiger partial charge in [0.25, 0.3) is 0 Å². The van der Waals surface area contributed by atoms with E-state index in [9.17, 15) is 9.59 Å². The van der Waals surface area contributed by atoms with Gasteiger partial charge in [0.05, 0.1) is 18.2 Å². The molecule has 6 nitrogen and oxygen atoms in total. The number of rotatable bonds is 4. The second-order valence-electron chi connectivity index (χ2n) is 4.31. The maximum absolute atomic E-state index is 12.0. The van der Waals surface area contributed by atoms with Crippen LogP contribution in [0.4, 0.5) is 5.69 Å². The van der Waals surface area contributed by atoms with E-state index in [-0.39, 0.29) is 24.9 Å². The molecule has 1 unspecified atom stereocenters. The third-order valence-electron chi connectivity index (χ3n) is 2.83. The highest BCUT2D eigenvalue weighted by Crippen LogP contribution is 2.27. The summed E-state index contributed by atoms with van der Waals surface area (Å²) < 4.78 is 5.32. The molecule has 2 amide bonds. The molecule has 1 atom stereocenters. The van der Waals surface area contributed by atoms with Gasteiger partial charge in [-0.2, -0.15) is 0 Å². The lowest BCUT2D eigenvalue weighted by atomic mass is 10.2. The third kappa shape index (κ3) is 3.61. The van der Waals surface area contributed by atoms with Crippen LogP contribution < -0.4 is 20.7 Å². The van der Waals surface area contributed by atoms with Gasteiger partial charge < -0.3 is 15.4 Å². The Morgan fingerprint density at radius 1 is 1.55 bits per heavy atom. The molecule has 1 heterocycles. The Morgan fingerprint density at radius 2 is 2.35 bits per heavy atom. The Hall–Kier alpha value is -1.79. The lowest BCUT2D eigenvalue weighted by Gasteiger charge is -2.23. The molecule has 0 spiro atoms. The van der Waals surface area contributed by atoms with Crippen LogP contribution in [0.15, 0.2) is 18.2 Å². The van der Waals surface area contributed by atoms with Crippen molar-refractivity contribution in [3.8, 4) is 5.75 Å².